The van der Waals surface area contributed by atoms with E-state index in [9.17, 15) is 0 Å². The Bertz CT molecular complexity index is 2740. The number of hydrogen-bond donors (Lipinski definition) is 0. The van der Waals surface area contributed by atoms with Gasteiger partial charge in [0.05, 0.1) is 5.69 Å². The lowest BCUT2D eigenvalue weighted by Crippen LogP contribution is -2.16. The first-order chi connectivity index (χ1) is 24.6. The third kappa shape index (κ3) is 4.20. The largest absolute Gasteiger partial charge is 0.310 e. The van der Waals surface area contributed by atoms with E-state index < -0.39 is 0 Å². The van der Waals surface area contributed by atoms with Crippen molar-refractivity contribution < 1.29 is 0 Å². The molecule has 0 aromatic heterocycles. The van der Waals surface area contributed by atoms with Gasteiger partial charge in [-0.05, 0) is 107 Å². The summed E-state index contributed by atoms with van der Waals surface area (Å²) < 4.78 is 0. The third-order valence-corrected chi connectivity index (χ3v) is 11.0. The van der Waals surface area contributed by atoms with Crippen molar-refractivity contribution in [1.82, 2.24) is 0 Å². The Morgan fingerprint density at radius 3 is 1.62 bits per heavy atom. The average Bonchev–Trinajstić information content (AvgIpc) is 3.42. The summed E-state index contributed by atoms with van der Waals surface area (Å²) in [5.41, 5.74) is 11.2. The summed E-state index contributed by atoms with van der Waals surface area (Å²) in [6, 6.07) is 64.8. The van der Waals surface area contributed by atoms with Crippen molar-refractivity contribution >= 4 is 60.2 Å². The smallest absolute Gasteiger partial charge is 0.0549 e. The number of rotatable bonds is 4. The average molecular weight is 638 g/mol. The quantitative estimate of drug-likeness (QED) is 0.174. The molecular weight excluding hydrogens is 603 g/mol. The monoisotopic (exact) mass is 637 g/mol. The SMILES string of the molecule is CC1(C)c2ccccc2-c2c(N(c3ccccc3)c3ccc(-c4ccc5c6ccccc6c6ccccc6c5c4)cc3)cc3ccccc3c21. The maximum atomic E-state index is 2.45. The van der Waals surface area contributed by atoms with Crippen LogP contribution < -0.4 is 4.90 Å². The summed E-state index contributed by atoms with van der Waals surface area (Å²) in [4.78, 5) is 2.45. The molecule has 0 bridgehead atoms. The predicted octanol–water partition coefficient (Wildman–Crippen LogP) is 13.7. The molecule has 0 unspecified atom stereocenters. The van der Waals surface area contributed by atoms with Crippen LogP contribution >= 0.6 is 0 Å². The van der Waals surface area contributed by atoms with E-state index in [-0.39, 0.29) is 5.41 Å². The second kappa shape index (κ2) is 10.9. The van der Waals surface area contributed by atoms with E-state index in [1.165, 1.54) is 82.2 Å². The van der Waals surface area contributed by atoms with Gasteiger partial charge in [0.2, 0.25) is 0 Å². The number of benzene rings is 9. The molecule has 0 radical (unpaired) electrons. The maximum Gasteiger partial charge on any atom is 0.0549 e. The highest BCUT2D eigenvalue weighted by Crippen LogP contribution is 2.56. The molecule has 0 aliphatic heterocycles. The number of hydrogen-bond acceptors (Lipinski definition) is 1. The Hall–Kier alpha value is -6.18. The van der Waals surface area contributed by atoms with Crippen LogP contribution in [0.25, 0.3) is 65.3 Å². The fraction of sp³-hybridized carbons (Fsp3) is 0.0612. The third-order valence-electron chi connectivity index (χ3n) is 11.0. The van der Waals surface area contributed by atoms with Crippen molar-refractivity contribution in [2.24, 2.45) is 0 Å². The van der Waals surface area contributed by atoms with Gasteiger partial charge in [0.25, 0.3) is 0 Å². The fourth-order valence-electron chi connectivity index (χ4n) is 8.71. The lowest BCUT2D eigenvalue weighted by Gasteiger charge is -2.30. The van der Waals surface area contributed by atoms with E-state index >= 15 is 0 Å². The molecule has 10 rings (SSSR count). The molecule has 0 spiro atoms. The van der Waals surface area contributed by atoms with Gasteiger partial charge in [-0.1, -0.05) is 153 Å². The van der Waals surface area contributed by atoms with Gasteiger partial charge in [-0.3, -0.25) is 0 Å². The van der Waals surface area contributed by atoms with Gasteiger partial charge in [-0.15, -0.1) is 0 Å². The van der Waals surface area contributed by atoms with Gasteiger partial charge < -0.3 is 4.90 Å². The molecule has 9 aromatic rings. The van der Waals surface area contributed by atoms with E-state index in [1.807, 2.05) is 0 Å². The highest BCUT2D eigenvalue weighted by Gasteiger charge is 2.39. The van der Waals surface area contributed by atoms with Crippen LogP contribution in [-0.4, -0.2) is 0 Å². The van der Waals surface area contributed by atoms with Crippen molar-refractivity contribution in [2.45, 2.75) is 19.3 Å². The van der Waals surface area contributed by atoms with Gasteiger partial charge in [0.15, 0.2) is 0 Å². The molecule has 0 atom stereocenters. The van der Waals surface area contributed by atoms with Crippen LogP contribution in [0.15, 0.2) is 176 Å². The zero-order valence-corrected chi connectivity index (χ0v) is 28.2. The summed E-state index contributed by atoms with van der Waals surface area (Å²) in [5, 5.41) is 10.4. The molecule has 0 saturated heterocycles. The van der Waals surface area contributed by atoms with Crippen molar-refractivity contribution in [3.63, 3.8) is 0 Å². The lowest BCUT2D eigenvalue weighted by molar-refractivity contribution is 0.666. The van der Waals surface area contributed by atoms with E-state index in [0.29, 0.717) is 0 Å². The first-order valence-corrected chi connectivity index (χ1v) is 17.5. The minimum atomic E-state index is -0.126. The zero-order valence-electron chi connectivity index (χ0n) is 28.2. The summed E-state index contributed by atoms with van der Waals surface area (Å²) in [5.74, 6) is 0. The maximum absolute atomic E-state index is 2.45. The highest BCUT2D eigenvalue weighted by atomic mass is 15.1. The fourth-order valence-corrected chi connectivity index (χ4v) is 8.71. The topological polar surface area (TPSA) is 3.24 Å². The van der Waals surface area contributed by atoms with Crippen LogP contribution in [0.2, 0.25) is 0 Å². The second-order valence-electron chi connectivity index (χ2n) is 14.1. The van der Waals surface area contributed by atoms with Crippen molar-refractivity contribution in [3.8, 4) is 22.3 Å². The Labute approximate surface area is 292 Å². The van der Waals surface area contributed by atoms with E-state index in [4.69, 9.17) is 0 Å². The van der Waals surface area contributed by atoms with Crippen molar-refractivity contribution in [1.29, 1.82) is 0 Å². The first kappa shape index (κ1) is 28.8. The highest BCUT2D eigenvalue weighted by molar-refractivity contribution is 6.25. The normalized spacial score (nSPS) is 13.2. The molecule has 1 nitrogen and oxygen atoms in total. The number of fused-ring (bicyclic) bond motifs is 11. The summed E-state index contributed by atoms with van der Waals surface area (Å²) in [6.45, 7) is 4.76. The van der Waals surface area contributed by atoms with Crippen LogP contribution in [0, 0.1) is 0 Å². The molecule has 0 N–H and O–H groups in total. The van der Waals surface area contributed by atoms with Crippen molar-refractivity contribution in [2.75, 3.05) is 4.90 Å². The van der Waals surface area contributed by atoms with E-state index in [2.05, 4.69) is 195 Å². The molecule has 50 heavy (non-hydrogen) atoms. The molecule has 236 valence electrons. The van der Waals surface area contributed by atoms with Crippen LogP contribution in [0.5, 0.6) is 0 Å². The van der Waals surface area contributed by atoms with Crippen LogP contribution in [0.3, 0.4) is 0 Å². The van der Waals surface area contributed by atoms with Crippen LogP contribution in [0.1, 0.15) is 25.0 Å². The van der Waals surface area contributed by atoms with Crippen molar-refractivity contribution in [3.05, 3.63) is 187 Å². The van der Waals surface area contributed by atoms with Gasteiger partial charge in [0.1, 0.15) is 0 Å². The number of para-hydroxylation sites is 1. The summed E-state index contributed by atoms with van der Waals surface area (Å²) in [7, 11) is 0. The Kier molecular flexibility index (Phi) is 6.29. The van der Waals surface area contributed by atoms with Crippen LogP contribution in [-0.2, 0) is 5.41 Å². The molecule has 1 aliphatic carbocycles. The molecular formula is C49H35N. The molecule has 1 aliphatic rings. The molecule has 0 fully saturated rings. The molecule has 1 heteroatoms. The minimum Gasteiger partial charge on any atom is -0.310 e. The molecule has 0 heterocycles. The Morgan fingerprint density at radius 2 is 0.920 bits per heavy atom. The summed E-state index contributed by atoms with van der Waals surface area (Å²) >= 11 is 0. The first-order valence-electron chi connectivity index (χ1n) is 17.5. The van der Waals surface area contributed by atoms with E-state index in [1.54, 1.807) is 0 Å². The number of nitrogens with zero attached hydrogens (tertiary/aromatic N) is 1. The lowest BCUT2D eigenvalue weighted by atomic mass is 9.80. The van der Waals surface area contributed by atoms with Gasteiger partial charge >= 0.3 is 0 Å². The van der Waals surface area contributed by atoms with Crippen LogP contribution in [0.4, 0.5) is 17.1 Å². The van der Waals surface area contributed by atoms with E-state index in [0.717, 1.165) is 11.4 Å². The molecule has 0 amide bonds. The second-order valence-corrected chi connectivity index (χ2v) is 14.1. The Balaban J connectivity index is 1.16. The standard InChI is InChI=1S/C49H35N/c1-49(2)45-23-13-12-22-43(45)47-46(31-34-14-6-7-17-37(34)48(47)49)50(35-15-4-3-5-16-35)36-27-24-32(25-28-36)33-26-29-42-40-20-9-8-18-38(40)39-19-10-11-21-41(39)44(42)30-33/h3-31H,1-2H3. The summed E-state index contributed by atoms with van der Waals surface area (Å²) in [6.07, 6.45) is 0. The molecule has 0 saturated carbocycles. The van der Waals surface area contributed by atoms with Gasteiger partial charge in [-0.2, -0.15) is 0 Å². The Morgan fingerprint density at radius 1 is 0.400 bits per heavy atom. The molecule has 9 aromatic carbocycles. The van der Waals surface area contributed by atoms with Gasteiger partial charge in [-0.25, -0.2) is 0 Å². The minimum absolute atomic E-state index is 0.126. The van der Waals surface area contributed by atoms with Gasteiger partial charge in [0, 0.05) is 22.4 Å². The predicted molar refractivity (Wildman–Crippen MR) is 214 cm³/mol. The zero-order chi connectivity index (χ0) is 33.4. The number of anilines is 3.